The van der Waals surface area contributed by atoms with E-state index in [1.165, 1.54) is 30.2 Å². The zero-order valence-electron chi connectivity index (χ0n) is 14.1. The molecule has 0 unspecified atom stereocenters. The molecule has 0 radical (unpaired) electrons. The fourth-order valence-corrected chi connectivity index (χ4v) is 2.98. The van der Waals surface area contributed by atoms with Crippen molar-refractivity contribution in [3.63, 3.8) is 0 Å². The van der Waals surface area contributed by atoms with Crippen molar-refractivity contribution in [1.82, 2.24) is 34.9 Å². The fraction of sp³-hybridized carbons (Fsp3) is 0.200. The number of nitrogens with zero attached hydrogens (tertiary/aromatic N) is 7. The van der Waals surface area contributed by atoms with E-state index in [1.54, 1.807) is 18.3 Å². The Kier molecular flexibility index (Phi) is 5.34. The van der Waals surface area contributed by atoms with Crippen molar-refractivity contribution in [2.45, 2.75) is 11.4 Å². The van der Waals surface area contributed by atoms with Gasteiger partial charge in [-0.25, -0.2) is 20.0 Å². The van der Waals surface area contributed by atoms with Crippen LogP contribution >= 0.6 is 0 Å². The topological polar surface area (TPSA) is 129 Å². The van der Waals surface area contributed by atoms with Crippen LogP contribution in [0.5, 0.6) is 5.88 Å². The van der Waals surface area contributed by atoms with E-state index >= 15 is 0 Å². The molecule has 1 N–H and O–H groups in total. The van der Waals surface area contributed by atoms with Gasteiger partial charge in [0.15, 0.2) is 0 Å². The first-order valence-corrected chi connectivity index (χ1v) is 9.06. The summed E-state index contributed by atoms with van der Waals surface area (Å²) in [4.78, 5) is 12.6. The molecule has 2 heterocycles. The molecule has 27 heavy (non-hydrogen) atoms. The van der Waals surface area contributed by atoms with Crippen LogP contribution in [0.3, 0.4) is 0 Å². The van der Waals surface area contributed by atoms with Gasteiger partial charge >= 0.3 is 0 Å². The molecule has 0 spiro atoms. The maximum atomic E-state index is 12.0. The molecule has 0 bridgehead atoms. The SMILES string of the molecule is [C-]#[N+]CNS(=O)(=O)c1ccc(-c2nnn(Cc3cnc(OC)cn3)n2)cc1. The lowest BCUT2D eigenvalue weighted by atomic mass is 10.2. The van der Waals surface area contributed by atoms with Crippen LogP contribution in [0.1, 0.15) is 5.69 Å². The molecule has 3 aromatic rings. The molecule has 3 rings (SSSR count). The van der Waals surface area contributed by atoms with Crippen molar-refractivity contribution in [3.05, 3.63) is 53.8 Å². The Morgan fingerprint density at radius 1 is 1.22 bits per heavy atom. The Hall–Kier alpha value is -3.43. The predicted molar refractivity (Wildman–Crippen MR) is 92.7 cm³/mol. The zero-order valence-corrected chi connectivity index (χ0v) is 15.0. The second-order valence-corrected chi connectivity index (χ2v) is 6.95. The molecule has 0 aliphatic heterocycles. The number of sulfonamides is 1. The maximum absolute atomic E-state index is 12.0. The summed E-state index contributed by atoms with van der Waals surface area (Å²) in [5.41, 5.74) is 1.23. The van der Waals surface area contributed by atoms with Gasteiger partial charge in [-0.15, -0.1) is 14.9 Å². The lowest BCUT2D eigenvalue weighted by molar-refractivity contribution is 0.394. The average Bonchev–Trinajstić information content (AvgIpc) is 3.15. The molecule has 0 saturated carbocycles. The van der Waals surface area contributed by atoms with Gasteiger partial charge in [0, 0.05) is 5.56 Å². The van der Waals surface area contributed by atoms with E-state index in [2.05, 4.69) is 34.9 Å². The van der Waals surface area contributed by atoms with Crippen LogP contribution in [0.25, 0.3) is 16.2 Å². The number of tetrazole rings is 1. The summed E-state index contributed by atoms with van der Waals surface area (Å²) in [5, 5.41) is 12.2. The van der Waals surface area contributed by atoms with E-state index in [-0.39, 0.29) is 18.1 Å². The third kappa shape index (κ3) is 4.40. The largest absolute Gasteiger partial charge is 0.480 e. The van der Waals surface area contributed by atoms with Gasteiger partial charge in [-0.3, -0.25) is 9.83 Å². The van der Waals surface area contributed by atoms with Crippen LogP contribution in [-0.2, 0) is 16.6 Å². The van der Waals surface area contributed by atoms with Crippen LogP contribution < -0.4 is 9.46 Å². The molecule has 0 atom stereocenters. The minimum atomic E-state index is -3.71. The van der Waals surface area contributed by atoms with Crippen molar-refractivity contribution < 1.29 is 13.2 Å². The highest BCUT2D eigenvalue weighted by atomic mass is 32.2. The van der Waals surface area contributed by atoms with Gasteiger partial charge in [0.05, 0.1) is 30.1 Å². The number of hydrogen-bond donors (Lipinski definition) is 1. The van der Waals surface area contributed by atoms with E-state index in [1.807, 2.05) is 0 Å². The van der Waals surface area contributed by atoms with Crippen molar-refractivity contribution >= 4 is 10.0 Å². The van der Waals surface area contributed by atoms with Crippen molar-refractivity contribution in [3.8, 4) is 17.3 Å². The lowest BCUT2D eigenvalue weighted by Gasteiger charge is -2.02. The summed E-state index contributed by atoms with van der Waals surface area (Å²) >= 11 is 0. The molecule has 0 aliphatic carbocycles. The molecule has 2 aromatic heterocycles. The summed E-state index contributed by atoms with van der Waals surface area (Å²) in [6.07, 6.45) is 3.05. The summed E-state index contributed by atoms with van der Waals surface area (Å²) in [6, 6.07) is 5.97. The number of aromatic nitrogens is 6. The van der Waals surface area contributed by atoms with E-state index in [0.717, 1.165) is 0 Å². The van der Waals surface area contributed by atoms with Gasteiger partial charge in [0.25, 0.3) is 6.67 Å². The third-order valence-electron chi connectivity index (χ3n) is 3.40. The number of nitrogens with one attached hydrogen (secondary N) is 1. The minimum absolute atomic E-state index is 0.0517. The number of rotatable bonds is 7. The van der Waals surface area contributed by atoms with E-state index in [0.29, 0.717) is 23.0 Å². The van der Waals surface area contributed by atoms with Crippen molar-refractivity contribution in [2.75, 3.05) is 13.8 Å². The van der Waals surface area contributed by atoms with Crippen LogP contribution in [0.2, 0.25) is 0 Å². The monoisotopic (exact) mass is 386 g/mol. The van der Waals surface area contributed by atoms with Crippen molar-refractivity contribution in [1.29, 1.82) is 0 Å². The first kappa shape index (κ1) is 18.4. The van der Waals surface area contributed by atoms with Gasteiger partial charge in [-0.1, -0.05) is 0 Å². The van der Waals surface area contributed by atoms with E-state index < -0.39 is 10.0 Å². The van der Waals surface area contributed by atoms with E-state index in [4.69, 9.17) is 11.3 Å². The molecule has 0 amide bonds. The van der Waals surface area contributed by atoms with Gasteiger partial charge in [0.2, 0.25) is 21.7 Å². The van der Waals surface area contributed by atoms with Crippen LogP contribution in [0.4, 0.5) is 0 Å². The van der Waals surface area contributed by atoms with Gasteiger partial charge in [-0.05, 0) is 29.5 Å². The van der Waals surface area contributed by atoms with Crippen LogP contribution in [-0.4, -0.2) is 52.4 Å². The molecular formula is C15H14N8O3S. The molecular weight excluding hydrogens is 372 g/mol. The first-order chi connectivity index (χ1) is 13.0. The zero-order chi connectivity index (χ0) is 19.3. The average molecular weight is 386 g/mol. The summed E-state index contributed by atoms with van der Waals surface area (Å²) in [7, 11) is -2.21. The van der Waals surface area contributed by atoms with Gasteiger partial charge in [-0.2, -0.15) is 4.80 Å². The Bertz CT molecular complexity index is 1060. The lowest BCUT2D eigenvalue weighted by Crippen LogP contribution is -2.22. The first-order valence-electron chi connectivity index (χ1n) is 7.58. The summed E-state index contributed by atoms with van der Waals surface area (Å²) in [5.74, 6) is 0.751. The smallest absolute Gasteiger partial charge is 0.280 e. The Morgan fingerprint density at radius 3 is 2.63 bits per heavy atom. The quantitative estimate of drug-likeness (QED) is 0.576. The van der Waals surface area contributed by atoms with Crippen LogP contribution in [0, 0.1) is 6.57 Å². The molecule has 0 saturated heterocycles. The normalized spacial score (nSPS) is 11.1. The van der Waals surface area contributed by atoms with E-state index in [9.17, 15) is 8.42 Å². The van der Waals surface area contributed by atoms with Crippen molar-refractivity contribution in [2.24, 2.45) is 0 Å². The molecule has 0 aliphatic rings. The molecule has 12 heteroatoms. The highest BCUT2D eigenvalue weighted by molar-refractivity contribution is 7.89. The highest BCUT2D eigenvalue weighted by Gasteiger charge is 2.15. The number of hydrogen-bond acceptors (Lipinski definition) is 8. The number of ether oxygens (including phenoxy) is 1. The second-order valence-electron chi connectivity index (χ2n) is 5.18. The molecule has 0 fully saturated rings. The summed E-state index contributed by atoms with van der Waals surface area (Å²) < 4.78 is 31.1. The molecule has 138 valence electrons. The second kappa shape index (κ2) is 7.85. The summed E-state index contributed by atoms with van der Waals surface area (Å²) in [6.45, 7) is 6.62. The van der Waals surface area contributed by atoms with Gasteiger partial charge < -0.3 is 4.74 Å². The number of methoxy groups -OCH3 is 1. The predicted octanol–water partition coefficient (Wildman–Crippen LogP) is 0.342. The standard InChI is InChI=1S/C15H14N8O3S/c1-16-10-19-27(24,25)13-5-3-11(4-6-13)15-20-22-23(21-15)9-12-7-18-14(26-2)8-17-12/h3-8,19H,9-10H2,2H3. The Morgan fingerprint density at radius 2 is 2.00 bits per heavy atom. The number of benzene rings is 1. The third-order valence-corrected chi connectivity index (χ3v) is 4.81. The van der Waals surface area contributed by atoms with Crippen LogP contribution in [0.15, 0.2) is 41.6 Å². The molecule has 11 nitrogen and oxygen atoms in total. The maximum Gasteiger partial charge on any atom is 0.280 e. The highest BCUT2D eigenvalue weighted by Crippen LogP contribution is 2.17. The minimum Gasteiger partial charge on any atom is -0.480 e. The molecule has 1 aromatic carbocycles. The Labute approximate surface area is 154 Å². The fourth-order valence-electron chi connectivity index (χ4n) is 2.08. The Balaban J connectivity index is 1.73. The van der Waals surface area contributed by atoms with Gasteiger partial charge in [0.1, 0.15) is 6.54 Å².